The lowest BCUT2D eigenvalue weighted by molar-refractivity contribution is -0.144. The Hall–Kier alpha value is -1.71. The predicted octanol–water partition coefficient (Wildman–Crippen LogP) is 3.23. The lowest BCUT2D eigenvalue weighted by atomic mass is 10.2. The van der Waals surface area contributed by atoms with Gasteiger partial charge in [-0.3, -0.25) is 0 Å². The van der Waals surface area contributed by atoms with Crippen molar-refractivity contribution >= 4 is 11.7 Å². The summed E-state index contributed by atoms with van der Waals surface area (Å²) in [7, 11) is 0. The summed E-state index contributed by atoms with van der Waals surface area (Å²) in [4.78, 5) is 11.7. The Morgan fingerprint density at radius 2 is 1.84 bits per heavy atom. The third-order valence-electron chi connectivity index (χ3n) is 2.55. The van der Waals surface area contributed by atoms with Gasteiger partial charge in [-0.1, -0.05) is 6.92 Å². The van der Waals surface area contributed by atoms with E-state index in [2.05, 4.69) is 5.32 Å². The van der Waals surface area contributed by atoms with Crippen LogP contribution in [0.15, 0.2) is 24.3 Å². The van der Waals surface area contributed by atoms with Gasteiger partial charge in [-0.05, 0) is 51.5 Å². The van der Waals surface area contributed by atoms with Gasteiger partial charge in [0.2, 0.25) is 0 Å². The number of carbonyl (C=O) groups is 1. The molecule has 0 aliphatic carbocycles. The van der Waals surface area contributed by atoms with Crippen LogP contribution in [0.1, 0.15) is 34.1 Å². The number of ether oxygens (including phenoxy) is 2. The number of anilines is 1. The number of hydrogen-bond acceptors (Lipinski definition) is 4. The normalized spacial score (nSPS) is 12.1. The number of hydrogen-bond donors (Lipinski definition) is 1. The largest absolute Gasteiger partial charge is 0.491 e. The molecule has 0 heterocycles. The van der Waals surface area contributed by atoms with Gasteiger partial charge in [0.15, 0.2) is 0 Å². The summed E-state index contributed by atoms with van der Waals surface area (Å²) in [6, 6.07) is 7.27. The molecular formula is C15H23NO3. The second-order valence-electron chi connectivity index (χ2n) is 4.55. The van der Waals surface area contributed by atoms with Crippen LogP contribution < -0.4 is 10.1 Å². The molecule has 0 aliphatic rings. The lowest BCUT2D eigenvalue weighted by Gasteiger charge is -2.17. The summed E-state index contributed by atoms with van der Waals surface area (Å²) in [5, 5.41) is 3.16. The van der Waals surface area contributed by atoms with Crippen LogP contribution in [0.25, 0.3) is 0 Å². The molecule has 106 valence electrons. The molecule has 4 nitrogen and oxygen atoms in total. The van der Waals surface area contributed by atoms with Crippen LogP contribution in [0.4, 0.5) is 5.69 Å². The molecule has 0 fully saturated rings. The van der Waals surface area contributed by atoms with E-state index in [0.717, 1.165) is 11.4 Å². The van der Waals surface area contributed by atoms with Gasteiger partial charge >= 0.3 is 5.97 Å². The van der Waals surface area contributed by atoms with Crippen molar-refractivity contribution in [3.05, 3.63) is 24.3 Å². The molecule has 1 aromatic rings. The molecule has 0 aromatic heterocycles. The Kier molecular flexibility index (Phi) is 6.19. The fraction of sp³-hybridized carbons (Fsp3) is 0.533. The molecule has 0 bridgehead atoms. The van der Waals surface area contributed by atoms with E-state index in [9.17, 15) is 4.79 Å². The maximum absolute atomic E-state index is 11.7. The molecule has 0 amide bonds. The molecular weight excluding hydrogens is 242 g/mol. The molecule has 4 heteroatoms. The Labute approximate surface area is 115 Å². The first-order valence-electron chi connectivity index (χ1n) is 6.76. The summed E-state index contributed by atoms with van der Waals surface area (Å²) in [6.45, 7) is 8.13. The highest BCUT2D eigenvalue weighted by Gasteiger charge is 2.17. The molecule has 1 aromatic carbocycles. The van der Waals surface area contributed by atoms with Crippen molar-refractivity contribution in [2.45, 2.75) is 46.3 Å². The van der Waals surface area contributed by atoms with E-state index in [4.69, 9.17) is 9.47 Å². The lowest BCUT2D eigenvalue weighted by Crippen LogP contribution is -2.30. The average molecular weight is 265 g/mol. The van der Waals surface area contributed by atoms with Crippen molar-refractivity contribution in [1.82, 2.24) is 0 Å². The van der Waals surface area contributed by atoms with E-state index >= 15 is 0 Å². The molecule has 0 radical (unpaired) electrons. The first-order valence-corrected chi connectivity index (χ1v) is 6.76. The van der Waals surface area contributed by atoms with E-state index in [0.29, 0.717) is 13.0 Å². The molecule has 0 saturated heterocycles. The Bertz CT molecular complexity index is 387. The van der Waals surface area contributed by atoms with Gasteiger partial charge in [-0.25, -0.2) is 4.79 Å². The van der Waals surface area contributed by atoms with Gasteiger partial charge in [-0.15, -0.1) is 0 Å². The van der Waals surface area contributed by atoms with Crippen molar-refractivity contribution in [2.75, 3.05) is 11.9 Å². The number of carbonyl (C=O) groups excluding carboxylic acids is 1. The minimum Gasteiger partial charge on any atom is -0.491 e. The molecule has 0 saturated carbocycles. The maximum atomic E-state index is 11.7. The molecule has 1 N–H and O–H groups in total. The van der Waals surface area contributed by atoms with Gasteiger partial charge in [0, 0.05) is 5.69 Å². The summed E-state index contributed by atoms with van der Waals surface area (Å²) >= 11 is 0. The highest BCUT2D eigenvalue weighted by molar-refractivity contribution is 5.79. The fourth-order valence-corrected chi connectivity index (χ4v) is 1.67. The molecule has 1 rings (SSSR count). The average Bonchev–Trinajstić information content (AvgIpc) is 2.37. The van der Waals surface area contributed by atoms with Crippen LogP contribution in [0, 0.1) is 0 Å². The first kappa shape index (κ1) is 15.3. The maximum Gasteiger partial charge on any atom is 0.328 e. The van der Waals surface area contributed by atoms with E-state index in [1.54, 1.807) is 0 Å². The Balaban J connectivity index is 2.62. The topological polar surface area (TPSA) is 47.6 Å². The van der Waals surface area contributed by atoms with Crippen LogP contribution in [0.3, 0.4) is 0 Å². The SMILES string of the molecule is CCOC(=O)C(CC)Nc1ccc(OC(C)C)cc1. The van der Waals surface area contributed by atoms with E-state index in [1.165, 1.54) is 0 Å². The minimum absolute atomic E-state index is 0.154. The summed E-state index contributed by atoms with van der Waals surface area (Å²) in [5.74, 6) is 0.609. The summed E-state index contributed by atoms with van der Waals surface area (Å²) < 4.78 is 10.6. The zero-order valence-electron chi connectivity index (χ0n) is 12.1. The van der Waals surface area contributed by atoms with Crippen molar-refractivity contribution in [2.24, 2.45) is 0 Å². The van der Waals surface area contributed by atoms with Crippen LogP contribution in [0.5, 0.6) is 5.75 Å². The number of rotatable bonds is 7. The highest BCUT2D eigenvalue weighted by atomic mass is 16.5. The van der Waals surface area contributed by atoms with E-state index in [1.807, 2.05) is 52.0 Å². The van der Waals surface area contributed by atoms with Crippen molar-refractivity contribution < 1.29 is 14.3 Å². The van der Waals surface area contributed by atoms with Gasteiger partial charge in [-0.2, -0.15) is 0 Å². The highest BCUT2D eigenvalue weighted by Crippen LogP contribution is 2.18. The standard InChI is InChI=1S/C15H23NO3/c1-5-14(15(17)18-6-2)16-12-7-9-13(10-8-12)19-11(3)4/h7-11,14,16H,5-6H2,1-4H3. The molecule has 0 aliphatic heterocycles. The third kappa shape index (κ3) is 5.20. The number of nitrogens with one attached hydrogen (secondary N) is 1. The van der Waals surface area contributed by atoms with E-state index in [-0.39, 0.29) is 18.1 Å². The molecule has 0 spiro atoms. The van der Waals surface area contributed by atoms with Crippen LogP contribution >= 0.6 is 0 Å². The second-order valence-corrected chi connectivity index (χ2v) is 4.55. The van der Waals surface area contributed by atoms with Crippen molar-refractivity contribution in [1.29, 1.82) is 0 Å². The number of esters is 1. The van der Waals surface area contributed by atoms with Gasteiger partial charge in [0.1, 0.15) is 11.8 Å². The van der Waals surface area contributed by atoms with Crippen molar-refractivity contribution in [3.63, 3.8) is 0 Å². The molecule has 19 heavy (non-hydrogen) atoms. The second kappa shape index (κ2) is 7.67. The van der Waals surface area contributed by atoms with Gasteiger partial charge in [0.25, 0.3) is 0 Å². The van der Waals surface area contributed by atoms with Crippen LogP contribution in [0.2, 0.25) is 0 Å². The zero-order chi connectivity index (χ0) is 14.3. The predicted molar refractivity (Wildman–Crippen MR) is 76.5 cm³/mol. The summed E-state index contributed by atoms with van der Waals surface area (Å²) in [6.07, 6.45) is 0.838. The van der Waals surface area contributed by atoms with Gasteiger partial charge in [0.05, 0.1) is 12.7 Å². The van der Waals surface area contributed by atoms with Gasteiger partial charge < -0.3 is 14.8 Å². The zero-order valence-corrected chi connectivity index (χ0v) is 12.1. The molecule has 1 unspecified atom stereocenters. The Morgan fingerprint density at radius 1 is 1.21 bits per heavy atom. The minimum atomic E-state index is -0.309. The summed E-state index contributed by atoms with van der Waals surface area (Å²) in [5.41, 5.74) is 0.885. The Morgan fingerprint density at radius 3 is 2.32 bits per heavy atom. The fourth-order valence-electron chi connectivity index (χ4n) is 1.67. The third-order valence-corrected chi connectivity index (χ3v) is 2.55. The molecule has 1 atom stereocenters. The smallest absolute Gasteiger partial charge is 0.328 e. The van der Waals surface area contributed by atoms with E-state index < -0.39 is 0 Å². The van der Waals surface area contributed by atoms with Crippen molar-refractivity contribution in [3.8, 4) is 5.75 Å². The monoisotopic (exact) mass is 265 g/mol. The van der Waals surface area contributed by atoms with Crippen LogP contribution in [-0.2, 0) is 9.53 Å². The number of benzene rings is 1. The van der Waals surface area contributed by atoms with Crippen LogP contribution in [-0.4, -0.2) is 24.7 Å². The first-order chi connectivity index (χ1) is 9.06. The quantitative estimate of drug-likeness (QED) is 0.769.